The quantitative estimate of drug-likeness (QED) is 0.818. The number of anilines is 1. The maximum absolute atomic E-state index is 13.3. The third-order valence-corrected chi connectivity index (χ3v) is 3.23. The molecule has 1 aliphatic rings. The number of hydrogen-bond acceptors (Lipinski definition) is 3. The van der Waals surface area contributed by atoms with Crippen molar-refractivity contribution in [2.24, 2.45) is 0 Å². The summed E-state index contributed by atoms with van der Waals surface area (Å²) in [5, 5.41) is 12.6. The summed E-state index contributed by atoms with van der Waals surface area (Å²) < 4.78 is 18.9. The van der Waals surface area contributed by atoms with Gasteiger partial charge in [0.25, 0.3) is 0 Å². The van der Waals surface area contributed by atoms with Crippen molar-refractivity contribution in [2.75, 3.05) is 18.5 Å². The van der Waals surface area contributed by atoms with Crippen LogP contribution in [0.15, 0.2) is 24.3 Å². The standard InChI is InChI=1S/C14H20FNO2/c15-13-7-3-4-8-14(13)16-9-11(17)10-18-12-5-1-2-6-12/h3-4,7-8,11-12,16-17H,1-2,5-6,9-10H2. The van der Waals surface area contributed by atoms with Crippen molar-refractivity contribution in [2.45, 2.75) is 37.9 Å². The van der Waals surface area contributed by atoms with Crippen LogP contribution in [0, 0.1) is 5.82 Å². The van der Waals surface area contributed by atoms with Gasteiger partial charge in [-0.1, -0.05) is 25.0 Å². The van der Waals surface area contributed by atoms with Crippen molar-refractivity contribution in [1.29, 1.82) is 0 Å². The van der Waals surface area contributed by atoms with Crippen molar-refractivity contribution in [3.8, 4) is 0 Å². The number of halogens is 1. The minimum Gasteiger partial charge on any atom is -0.389 e. The highest BCUT2D eigenvalue weighted by Crippen LogP contribution is 2.21. The van der Waals surface area contributed by atoms with E-state index in [4.69, 9.17) is 4.74 Å². The zero-order valence-electron chi connectivity index (χ0n) is 10.4. The van der Waals surface area contributed by atoms with E-state index in [-0.39, 0.29) is 5.82 Å². The van der Waals surface area contributed by atoms with Crippen LogP contribution in [-0.2, 0) is 4.74 Å². The topological polar surface area (TPSA) is 41.5 Å². The van der Waals surface area contributed by atoms with Gasteiger partial charge in [0.05, 0.1) is 24.5 Å². The van der Waals surface area contributed by atoms with Crippen LogP contribution in [0.2, 0.25) is 0 Å². The molecule has 0 spiro atoms. The van der Waals surface area contributed by atoms with Gasteiger partial charge < -0.3 is 15.2 Å². The molecule has 1 aliphatic carbocycles. The summed E-state index contributed by atoms with van der Waals surface area (Å²) in [6.07, 6.45) is 4.31. The molecule has 3 nitrogen and oxygen atoms in total. The summed E-state index contributed by atoms with van der Waals surface area (Å²) >= 11 is 0. The van der Waals surface area contributed by atoms with Gasteiger partial charge in [-0.05, 0) is 25.0 Å². The Morgan fingerprint density at radius 3 is 2.78 bits per heavy atom. The number of rotatable bonds is 6. The number of nitrogens with one attached hydrogen (secondary N) is 1. The molecule has 0 radical (unpaired) electrons. The van der Waals surface area contributed by atoms with E-state index >= 15 is 0 Å². The molecule has 2 N–H and O–H groups in total. The van der Waals surface area contributed by atoms with E-state index in [1.807, 2.05) is 0 Å². The summed E-state index contributed by atoms with van der Waals surface area (Å²) in [5.74, 6) is -0.304. The van der Waals surface area contributed by atoms with Gasteiger partial charge in [0, 0.05) is 6.54 Å². The molecule has 1 aromatic carbocycles. The van der Waals surface area contributed by atoms with Crippen LogP contribution in [-0.4, -0.2) is 30.5 Å². The predicted molar refractivity (Wildman–Crippen MR) is 69.1 cm³/mol. The van der Waals surface area contributed by atoms with Crippen molar-refractivity contribution in [3.05, 3.63) is 30.1 Å². The zero-order valence-corrected chi connectivity index (χ0v) is 10.4. The summed E-state index contributed by atoms with van der Waals surface area (Å²) in [7, 11) is 0. The lowest BCUT2D eigenvalue weighted by atomic mass is 10.3. The van der Waals surface area contributed by atoms with Crippen LogP contribution in [0.3, 0.4) is 0 Å². The Bertz CT molecular complexity index is 367. The highest BCUT2D eigenvalue weighted by Gasteiger charge is 2.16. The molecule has 18 heavy (non-hydrogen) atoms. The first-order valence-corrected chi connectivity index (χ1v) is 6.54. The van der Waals surface area contributed by atoms with Gasteiger partial charge in [-0.3, -0.25) is 0 Å². The molecule has 2 rings (SSSR count). The molecule has 1 atom stereocenters. The first-order chi connectivity index (χ1) is 8.75. The Kier molecular flexibility index (Phi) is 4.96. The minimum absolute atomic E-state index is 0.299. The monoisotopic (exact) mass is 253 g/mol. The maximum Gasteiger partial charge on any atom is 0.146 e. The minimum atomic E-state index is -0.606. The fourth-order valence-electron chi connectivity index (χ4n) is 2.19. The largest absolute Gasteiger partial charge is 0.389 e. The molecule has 0 aliphatic heterocycles. The summed E-state index contributed by atoms with van der Waals surface area (Å²) in [5.41, 5.74) is 0.414. The molecular weight excluding hydrogens is 233 g/mol. The molecule has 1 fully saturated rings. The Morgan fingerprint density at radius 1 is 1.33 bits per heavy atom. The van der Waals surface area contributed by atoms with Gasteiger partial charge in [0.2, 0.25) is 0 Å². The summed E-state index contributed by atoms with van der Waals surface area (Å²) in [4.78, 5) is 0. The van der Waals surface area contributed by atoms with Gasteiger partial charge in [-0.25, -0.2) is 4.39 Å². The molecule has 0 bridgehead atoms. The first-order valence-electron chi connectivity index (χ1n) is 6.54. The molecule has 0 heterocycles. The summed E-state index contributed by atoms with van der Waals surface area (Å²) in [6, 6.07) is 6.44. The normalized spacial score (nSPS) is 17.9. The average Bonchev–Trinajstić information content (AvgIpc) is 2.88. The van der Waals surface area contributed by atoms with Gasteiger partial charge >= 0.3 is 0 Å². The van der Waals surface area contributed by atoms with E-state index in [0.29, 0.717) is 24.9 Å². The smallest absolute Gasteiger partial charge is 0.146 e. The molecule has 4 heteroatoms. The van der Waals surface area contributed by atoms with Crippen molar-refractivity contribution < 1.29 is 14.2 Å². The van der Waals surface area contributed by atoms with Crippen LogP contribution in [0.5, 0.6) is 0 Å². The molecule has 100 valence electrons. The van der Waals surface area contributed by atoms with E-state index in [1.54, 1.807) is 18.2 Å². The van der Waals surface area contributed by atoms with E-state index in [1.165, 1.54) is 18.9 Å². The molecular formula is C14H20FNO2. The number of para-hydroxylation sites is 1. The van der Waals surface area contributed by atoms with Crippen LogP contribution < -0.4 is 5.32 Å². The van der Waals surface area contributed by atoms with E-state index in [9.17, 15) is 9.50 Å². The second kappa shape index (κ2) is 6.71. The van der Waals surface area contributed by atoms with Gasteiger partial charge in [-0.2, -0.15) is 0 Å². The third-order valence-electron chi connectivity index (χ3n) is 3.23. The molecule has 1 aromatic rings. The fourth-order valence-corrected chi connectivity index (χ4v) is 2.19. The van der Waals surface area contributed by atoms with Crippen molar-refractivity contribution in [3.63, 3.8) is 0 Å². The van der Waals surface area contributed by atoms with Crippen LogP contribution in [0.25, 0.3) is 0 Å². The average molecular weight is 253 g/mol. The number of ether oxygens (including phenoxy) is 1. The highest BCUT2D eigenvalue weighted by molar-refractivity contribution is 5.44. The lowest BCUT2D eigenvalue weighted by Crippen LogP contribution is -2.27. The van der Waals surface area contributed by atoms with E-state index < -0.39 is 6.10 Å². The molecule has 0 aromatic heterocycles. The highest BCUT2D eigenvalue weighted by atomic mass is 19.1. The van der Waals surface area contributed by atoms with Crippen LogP contribution in [0.1, 0.15) is 25.7 Å². The predicted octanol–water partition coefficient (Wildman–Crippen LogP) is 2.56. The Balaban J connectivity index is 1.68. The first kappa shape index (κ1) is 13.3. The van der Waals surface area contributed by atoms with Gasteiger partial charge in [-0.15, -0.1) is 0 Å². The fraction of sp³-hybridized carbons (Fsp3) is 0.571. The number of hydrogen-bond donors (Lipinski definition) is 2. The third kappa shape index (κ3) is 3.96. The van der Waals surface area contributed by atoms with Crippen LogP contribution in [0.4, 0.5) is 10.1 Å². The van der Waals surface area contributed by atoms with Crippen molar-refractivity contribution in [1.82, 2.24) is 0 Å². The maximum atomic E-state index is 13.3. The molecule has 0 saturated heterocycles. The lowest BCUT2D eigenvalue weighted by molar-refractivity contribution is -0.00119. The van der Waals surface area contributed by atoms with Crippen LogP contribution >= 0.6 is 0 Å². The molecule has 1 unspecified atom stereocenters. The van der Waals surface area contributed by atoms with Gasteiger partial charge in [0.15, 0.2) is 0 Å². The SMILES string of the molecule is OC(CNc1ccccc1F)COC1CCCC1. The second-order valence-corrected chi connectivity index (χ2v) is 4.75. The number of aliphatic hydroxyl groups excluding tert-OH is 1. The number of benzene rings is 1. The molecule has 1 saturated carbocycles. The Labute approximate surface area is 107 Å². The Hall–Kier alpha value is -1.13. The lowest BCUT2D eigenvalue weighted by Gasteiger charge is -2.16. The zero-order chi connectivity index (χ0) is 12.8. The van der Waals surface area contributed by atoms with Gasteiger partial charge in [0.1, 0.15) is 5.82 Å². The van der Waals surface area contributed by atoms with Crippen molar-refractivity contribution >= 4 is 5.69 Å². The summed E-state index contributed by atoms with van der Waals surface area (Å²) in [6.45, 7) is 0.611. The number of aliphatic hydroxyl groups is 1. The van der Waals surface area contributed by atoms with E-state index in [0.717, 1.165) is 12.8 Å². The Morgan fingerprint density at radius 2 is 2.06 bits per heavy atom. The van der Waals surface area contributed by atoms with E-state index in [2.05, 4.69) is 5.32 Å². The molecule has 0 amide bonds. The second-order valence-electron chi connectivity index (χ2n) is 4.75.